The zero-order valence-electron chi connectivity index (χ0n) is 18.7. The largest absolute Gasteiger partial charge is 0.426 e. The van der Waals surface area contributed by atoms with E-state index in [0.29, 0.717) is 31.3 Å². The molecule has 0 spiro atoms. The number of hydrogen-bond acceptors (Lipinski definition) is 2. The predicted octanol–water partition coefficient (Wildman–Crippen LogP) is 6.07. The van der Waals surface area contributed by atoms with Crippen LogP contribution in [0.1, 0.15) is 59.8 Å². The zero-order valence-corrected chi connectivity index (χ0v) is 18.7. The van der Waals surface area contributed by atoms with E-state index in [4.69, 9.17) is 5.11 Å². The van der Waals surface area contributed by atoms with Crippen LogP contribution in [-0.4, -0.2) is 34.8 Å². The Morgan fingerprint density at radius 1 is 0.645 bits per heavy atom. The molecule has 10 unspecified atom stereocenters. The van der Waals surface area contributed by atoms with Gasteiger partial charge in [-0.3, -0.25) is 0 Å². The molecule has 4 saturated carbocycles. The van der Waals surface area contributed by atoms with E-state index in [1.54, 1.807) is 0 Å². The van der Waals surface area contributed by atoms with Gasteiger partial charge in [0.1, 0.15) is 0 Å². The molecular weight excluding hydrogens is 422 g/mol. The maximum absolute atomic E-state index is 12.7. The molecular formula is C23H36F6O2. The normalized spacial score (nSPS) is 44.5. The fourth-order valence-electron chi connectivity index (χ4n) is 7.41. The minimum absolute atomic E-state index is 0.115. The van der Waals surface area contributed by atoms with Crippen molar-refractivity contribution in [2.75, 3.05) is 6.61 Å². The third-order valence-electron chi connectivity index (χ3n) is 9.80. The number of rotatable bonds is 3. The molecule has 0 aliphatic heterocycles. The Hall–Kier alpha value is -0.500. The summed E-state index contributed by atoms with van der Waals surface area (Å²) in [5, 5.41) is 18.4. The molecule has 0 saturated heterocycles. The van der Waals surface area contributed by atoms with E-state index in [9.17, 15) is 31.4 Å². The predicted molar refractivity (Wildman–Crippen MR) is 105 cm³/mol. The topological polar surface area (TPSA) is 40.5 Å². The summed E-state index contributed by atoms with van der Waals surface area (Å²) in [5.74, 6) is 3.99. The maximum Gasteiger partial charge on any atom is 0.426 e. The monoisotopic (exact) mass is 458 g/mol. The van der Waals surface area contributed by atoms with Gasteiger partial charge in [-0.15, -0.1) is 0 Å². The highest BCUT2D eigenvalue weighted by Crippen LogP contribution is 2.59. The molecule has 2 nitrogen and oxygen atoms in total. The van der Waals surface area contributed by atoms with Gasteiger partial charge in [0.2, 0.25) is 0 Å². The molecule has 182 valence electrons. The van der Waals surface area contributed by atoms with Crippen LogP contribution in [0.2, 0.25) is 0 Å². The van der Waals surface area contributed by atoms with Gasteiger partial charge in [-0.2, -0.15) is 26.3 Å². The summed E-state index contributed by atoms with van der Waals surface area (Å²) in [4.78, 5) is 0. The van der Waals surface area contributed by atoms with E-state index in [-0.39, 0.29) is 17.8 Å². The molecule has 4 aliphatic rings. The van der Waals surface area contributed by atoms with E-state index in [2.05, 4.69) is 13.8 Å². The molecule has 4 fully saturated rings. The SMILES string of the molecule is CC1C2CC(CC(O)(C(F)(F)F)C(F)(F)F)C(C2)C1C.CC1C2CC(CO)C(C2)C1C. The van der Waals surface area contributed by atoms with Crippen molar-refractivity contribution in [3.05, 3.63) is 0 Å². The fourth-order valence-corrected chi connectivity index (χ4v) is 7.41. The Balaban J connectivity index is 0.000000207. The van der Waals surface area contributed by atoms with Crippen molar-refractivity contribution in [1.29, 1.82) is 0 Å². The van der Waals surface area contributed by atoms with Crippen molar-refractivity contribution in [3.8, 4) is 0 Å². The lowest BCUT2D eigenvalue weighted by molar-refractivity contribution is -0.373. The highest BCUT2D eigenvalue weighted by atomic mass is 19.4. The number of hydrogen-bond donors (Lipinski definition) is 2. The summed E-state index contributed by atoms with van der Waals surface area (Å²) in [6.45, 7) is 9.03. The number of aliphatic hydroxyl groups is 2. The number of halogens is 6. The van der Waals surface area contributed by atoms with E-state index < -0.39 is 30.3 Å². The van der Waals surface area contributed by atoms with Crippen LogP contribution in [0.3, 0.4) is 0 Å². The smallest absolute Gasteiger partial charge is 0.396 e. The van der Waals surface area contributed by atoms with Crippen LogP contribution in [0.4, 0.5) is 26.3 Å². The summed E-state index contributed by atoms with van der Waals surface area (Å²) in [5.41, 5.74) is -4.59. The van der Waals surface area contributed by atoms with Gasteiger partial charge in [-0.25, -0.2) is 0 Å². The average molecular weight is 459 g/mol. The molecule has 0 aromatic carbocycles. The average Bonchev–Trinajstić information content (AvgIpc) is 3.38. The summed E-state index contributed by atoms with van der Waals surface area (Å²) in [6.07, 6.45) is -8.92. The lowest BCUT2D eigenvalue weighted by Crippen LogP contribution is -2.58. The highest BCUT2D eigenvalue weighted by Gasteiger charge is 2.71. The van der Waals surface area contributed by atoms with Gasteiger partial charge in [-0.1, -0.05) is 27.7 Å². The van der Waals surface area contributed by atoms with Gasteiger partial charge in [-0.05, 0) is 91.3 Å². The van der Waals surface area contributed by atoms with Crippen LogP contribution in [0, 0.1) is 59.2 Å². The van der Waals surface area contributed by atoms with Crippen molar-refractivity contribution in [2.45, 2.75) is 77.8 Å². The van der Waals surface area contributed by atoms with Crippen molar-refractivity contribution in [3.63, 3.8) is 0 Å². The van der Waals surface area contributed by atoms with E-state index in [1.807, 2.05) is 13.8 Å². The maximum atomic E-state index is 12.7. The standard InChI is InChI=1S/C13H18F6O.C10H18O/c1-6-7(2)10-4-8(6)3-9(10)5-11(20,12(14,15)16)13(17,18)19;1-6-7(2)10-4-8(6)3-9(10)5-11/h6-10,20H,3-5H2,1-2H3;6-11H,3-5H2,1-2H3. The van der Waals surface area contributed by atoms with Crippen LogP contribution >= 0.6 is 0 Å². The molecule has 31 heavy (non-hydrogen) atoms. The molecule has 4 bridgehead atoms. The molecule has 10 atom stereocenters. The first-order valence-corrected chi connectivity index (χ1v) is 11.6. The highest BCUT2D eigenvalue weighted by molar-refractivity contribution is 5.03. The van der Waals surface area contributed by atoms with Gasteiger partial charge in [0, 0.05) is 6.61 Å². The Kier molecular flexibility index (Phi) is 6.79. The van der Waals surface area contributed by atoms with Crippen molar-refractivity contribution in [1.82, 2.24) is 0 Å². The summed E-state index contributed by atoms with van der Waals surface area (Å²) >= 11 is 0. The summed E-state index contributed by atoms with van der Waals surface area (Å²) in [7, 11) is 0. The van der Waals surface area contributed by atoms with Crippen LogP contribution in [0.15, 0.2) is 0 Å². The number of fused-ring (bicyclic) bond motifs is 4. The molecule has 4 rings (SSSR count). The van der Waals surface area contributed by atoms with Gasteiger partial charge >= 0.3 is 12.4 Å². The van der Waals surface area contributed by atoms with E-state index in [0.717, 1.165) is 23.7 Å². The molecule has 0 aromatic heterocycles. The zero-order chi connectivity index (χ0) is 23.5. The van der Waals surface area contributed by atoms with Gasteiger partial charge in [0.25, 0.3) is 5.60 Å². The van der Waals surface area contributed by atoms with Gasteiger partial charge < -0.3 is 10.2 Å². The van der Waals surface area contributed by atoms with E-state index in [1.165, 1.54) is 12.8 Å². The van der Waals surface area contributed by atoms with Gasteiger partial charge in [0.15, 0.2) is 0 Å². The lowest BCUT2D eigenvalue weighted by Gasteiger charge is -2.39. The van der Waals surface area contributed by atoms with Crippen LogP contribution in [0.5, 0.6) is 0 Å². The number of aliphatic hydroxyl groups excluding tert-OH is 1. The third kappa shape index (κ3) is 4.24. The lowest BCUT2D eigenvalue weighted by atomic mass is 9.72. The van der Waals surface area contributed by atoms with Crippen molar-refractivity contribution in [2.24, 2.45) is 59.2 Å². The minimum atomic E-state index is -5.69. The molecule has 4 aliphatic carbocycles. The summed E-state index contributed by atoms with van der Waals surface area (Å²) in [6, 6.07) is 0. The third-order valence-corrected chi connectivity index (χ3v) is 9.80. The molecule has 8 heteroatoms. The summed E-state index contributed by atoms with van der Waals surface area (Å²) < 4.78 is 76.2. The molecule has 0 radical (unpaired) electrons. The first-order chi connectivity index (χ1) is 14.1. The van der Waals surface area contributed by atoms with Crippen molar-refractivity contribution < 1.29 is 36.6 Å². The van der Waals surface area contributed by atoms with Gasteiger partial charge in [0.05, 0.1) is 0 Å². The Labute approximate surface area is 180 Å². The van der Waals surface area contributed by atoms with Crippen LogP contribution in [0.25, 0.3) is 0 Å². The molecule has 2 N–H and O–H groups in total. The van der Waals surface area contributed by atoms with Crippen molar-refractivity contribution >= 4 is 0 Å². The van der Waals surface area contributed by atoms with Crippen LogP contribution in [-0.2, 0) is 0 Å². The second-order valence-electron chi connectivity index (χ2n) is 11.0. The Bertz CT molecular complexity index is 611. The number of alkyl halides is 6. The van der Waals surface area contributed by atoms with E-state index >= 15 is 0 Å². The first-order valence-electron chi connectivity index (χ1n) is 11.6. The van der Waals surface area contributed by atoms with Crippen LogP contribution < -0.4 is 0 Å². The second-order valence-corrected chi connectivity index (χ2v) is 11.0. The quantitative estimate of drug-likeness (QED) is 0.504. The Morgan fingerprint density at radius 3 is 1.35 bits per heavy atom. The Morgan fingerprint density at radius 2 is 1.03 bits per heavy atom. The second kappa shape index (κ2) is 8.37. The fraction of sp³-hybridized carbons (Fsp3) is 1.00. The molecule has 0 aromatic rings. The first kappa shape index (κ1) is 25.1. The minimum Gasteiger partial charge on any atom is -0.396 e. The molecule has 0 heterocycles. The molecule has 0 amide bonds.